The SMILES string of the molecule is CCc1ccc(CC)c(C(N)CC(C)CC(=O)OC)c1. The number of methoxy groups -OCH3 is 1. The first kappa shape index (κ1) is 16.7. The highest BCUT2D eigenvalue weighted by Gasteiger charge is 2.17. The summed E-state index contributed by atoms with van der Waals surface area (Å²) in [5.74, 6) is 0.0650. The maximum absolute atomic E-state index is 11.3. The number of hydrogen-bond donors (Lipinski definition) is 1. The molecule has 2 N–H and O–H groups in total. The molecule has 1 rings (SSSR count). The third kappa shape index (κ3) is 4.64. The van der Waals surface area contributed by atoms with Crippen molar-refractivity contribution in [3.05, 3.63) is 34.9 Å². The van der Waals surface area contributed by atoms with Crippen LogP contribution in [0.4, 0.5) is 0 Å². The number of carbonyl (C=O) groups is 1. The maximum atomic E-state index is 11.3. The third-order valence-electron chi connectivity index (χ3n) is 3.80. The van der Waals surface area contributed by atoms with Gasteiger partial charge in [-0.3, -0.25) is 4.79 Å². The Kier molecular flexibility index (Phi) is 6.73. The van der Waals surface area contributed by atoms with Crippen molar-refractivity contribution in [1.82, 2.24) is 0 Å². The average molecular weight is 277 g/mol. The summed E-state index contributed by atoms with van der Waals surface area (Å²) in [7, 11) is 1.43. The standard InChI is InChI=1S/C17H27NO2/c1-5-13-7-8-14(6-2)15(11-13)16(18)9-12(3)10-17(19)20-4/h7-8,11-12,16H,5-6,9-10,18H2,1-4H3. The molecule has 0 aliphatic carbocycles. The minimum Gasteiger partial charge on any atom is -0.469 e. The van der Waals surface area contributed by atoms with Gasteiger partial charge >= 0.3 is 5.97 Å². The van der Waals surface area contributed by atoms with Crippen LogP contribution in [0.1, 0.15) is 56.3 Å². The lowest BCUT2D eigenvalue weighted by Gasteiger charge is -2.20. The predicted molar refractivity (Wildman–Crippen MR) is 82.5 cm³/mol. The fourth-order valence-electron chi connectivity index (χ4n) is 2.54. The number of ether oxygens (including phenoxy) is 1. The van der Waals surface area contributed by atoms with Gasteiger partial charge < -0.3 is 10.5 Å². The fourth-order valence-corrected chi connectivity index (χ4v) is 2.54. The monoisotopic (exact) mass is 277 g/mol. The molecule has 1 aromatic rings. The van der Waals surface area contributed by atoms with Crippen LogP contribution in [0, 0.1) is 5.92 Å². The quantitative estimate of drug-likeness (QED) is 0.777. The number of nitrogens with two attached hydrogens (primary N) is 1. The Hall–Kier alpha value is -1.35. The van der Waals surface area contributed by atoms with Crippen molar-refractivity contribution in [2.75, 3.05) is 7.11 Å². The van der Waals surface area contributed by atoms with Crippen molar-refractivity contribution in [2.45, 2.75) is 52.5 Å². The molecule has 0 fully saturated rings. The second-order valence-electron chi connectivity index (χ2n) is 5.47. The zero-order valence-electron chi connectivity index (χ0n) is 13.1. The molecule has 0 aliphatic heterocycles. The fraction of sp³-hybridized carbons (Fsp3) is 0.588. The molecule has 20 heavy (non-hydrogen) atoms. The van der Waals surface area contributed by atoms with Gasteiger partial charge in [-0.15, -0.1) is 0 Å². The number of aryl methyl sites for hydroxylation is 2. The van der Waals surface area contributed by atoms with Gasteiger partial charge in [0.2, 0.25) is 0 Å². The molecule has 0 amide bonds. The normalized spacial score (nSPS) is 13.8. The van der Waals surface area contributed by atoms with E-state index >= 15 is 0 Å². The molecule has 1 aromatic carbocycles. The Morgan fingerprint density at radius 1 is 1.30 bits per heavy atom. The number of carbonyl (C=O) groups excluding carboxylic acids is 1. The molecule has 2 unspecified atom stereocenters. The molecule has 3 heteroatoms. The van der Waals surface area contributed by atoms with Crippen molar-refractivity contribution >= 4 is 5.97 Å². The van der Waals surface area contributed by atoms with Gasteiger partial charge in [0.05, 0.1) is 7.11 Å². The van der Waals surface area contributed by atoms with Crippen LogP contribution < -0.4 is 5.73 Å². The van der Waals surface area contributed by atoms with E-state index in [1.807, 2.05) is 6.92 Å². The molecule has 0 bridgehead atoms. The molecule has 0 saturated carbocycles. The number of benzene rings is 1. The summed E-state index contributed by atoms with van der Waals surface area (Å²) in [6.07, 6.45) is 3.23. The zero-order valence-corrected chi connectivity index (χ0v) is 13.1. The highest BCUT2D eigenvalue weighted by atomic mass is 16.5. The zero-order chi connectivity index (χ0) is 15.1. The van der Waals surface area contributed by atoms with E-state index in [9.17, 15) is 4.79 Å². The second-order valence-corrected chi connectivity index (χ2v) is 5.47. The summed E-state index contributed by atoms with van der Waals surface area (Å²) in [5.41, 5.74) is 10.2. The molecule has 112 valence electrons. The number of esters is 1. The topological polar surface area (TPSA) is 52.3 Å². The smallest absolute Gasteiger partial charge is 0.305 e. The minimum atomic E-state index is -0.164. The van der Waals surface area contributed by atoms with Gasteiger partial charge in [0, 0.05) is 12.5 Å². The summed E-state index contributed by atoms with van der Waals surface area (Å²) in [6.45, 7) is 6.34. The Morgan fingerprint density at radius 2 is 2.00 bits per heavy atom. The summed E-state index contributed by atoms with van der Waals surface area (Å²) >= 11 is 0. The van der Waals surface area contributed by atoms with Crippen LogP contribution in [0.25, 0.3) is 0 Å². The van der Waals surface area contributed by atoms with Crippen LogP contribution >= 0.6 is 0 Å². The van der Waals surface area contributed by atoms with E-state index < -0.39 is 0 Å². The molecule has 2 atom stereocenters. The van der Waals surface area contributed by atoms with Crippen molar-refractivity contribution in [3.8, 4) is 0 Å². The molecule has 3 nitrogen and oxygen atoms in total. The highest BCUT2D eigenvalue weighted by Crippen LogP contribution is 2.25. The van der Waals surface area contributed by atoms with Crippen molar-refractivity contribution in [2.24, 2.45) is 11.7 Å². The molecule has 0 radical (unpaired) electrons. The van der Waals surface area contributed by atoms with E-state index in [1.165, 1.54) is 23.8 Å². The van der Waals surface area contributed by atoms with E-state index in [-0.39, 0.29) is 17.9 Å². The van der Waals surface area contributed by atoms with E-state index in [1.54, 1.807) is 0 Å². The van der Waals surface area contributed by atoms with E-state index in [0.717, 1.165) is 19.3 Å². The lowest BCUT2D eigenvalue weighted by atomic mass is 9.89. The molecule has 0 saturated heterocycles. The van der Waals surface area contributed by atoms with Crippen LogP contribution in [-0.2, 0) is 22.4 Å². The van der Waals surface area contributed by atoms with Crippen LogP contribution in [0.5, 0.6) is 0 Å². The van der Waals surface area contributed by atoms with Gasteiger partial charge in [-0.25, -0.2) is 0 Å². The van der Waals surface area contributed by atoms with Gasteiger partial charge in [0.15, 0.2) is 0 Å². The molecular formula is C17H27NO2. The van der Waals surface area contributed by atoms with Crippen molar-refractivity contribution in [3.63, 3.8) is 0 Å². The lowest BCUT2D eigenvalue weighted by molar-refractivity contribution is -0.141. The lowest BCUT2D eigenvalue weighted by Crippen LogP contribution is -2.18. The van der Waals surface area contributed by atoms with Crippen LogP contribution in [-0.4, -0.2) is 13.1 Å². The molecular weight excluding hydrogens is 250 g/mol. The summed E-state index contributed by atoms with van der Waals surface area (Å²) in [4.78, 5) is 11.3. The summed E-state index contributed by atoms with van der Waals surface area (Å²) < 4.78 is 4.71. The Morgan fingerprint density at radius 3 is 2.55 bits per heavy atom. The van der Waals surface area contributed by atoms with Gasteiger partial charge in [0.1, 0.15) is 0 Å². The molecule has 0 aliphatic rings. The average Bonchev–Trinajstić information content (AvgIpc) is 2.45. The maximum Gasteiger partial charge on any atom is 0.305 e. The summed E-state index contributed by atoms with van der Waals surface area (Å²) in [6, 6.07) is 6.55. The summed E-state index contributed by atoms with van der Waals surface area (Å²) in [5, 5.41) is 0. The third-order valence-corrected chi connectivity index (χ3v) is 3.80. The van der Waals surface area contributed by atoms with Gasteiger partial charge in [-0.2, -0.15) is 0 Å². The van der Waals surface area contributed by atoms with Gasteiger partial charge in [-0.05, 0) is 41.9 Å². The van der Waals surface area contributed by atoms with E-state index in [4.69, 9.17) is 10.5 Å². The number of rotatable bonds is 7. The molecule has 0 spiro atoms. The first-order valence-electron chi connectivity index (χ1n) is 7.45. The van der Waals surface area contributed by atoms with Crippen molar-refractivity contribution in [1.29, 1.82) is 0 Å². The van der Waals surface area contributed by atoms with Crippen LogP contribution in [0.2, 0.25) is 0 Å². The Bertz CT molecular complexity index is 443. The predicted octanol–water partition coefficient (Wildman–Crippen LogP) is 3.40. The van der Waals surface area contributed by atoms with Crippen LogP contribution in [0.15, 0.2) is 18.2 Å². The van der Waals surface area contributed by atoms with E-state index in [2.05, 4.69) is 32.0 Å². The minimum absolute atomic E-state index is 0.0175. The Labute approximate surface area is 122 Å². The molecule has 0 heterocycles. The van der Waals surface area contributed by atoms with Crippen molar-refractivity contribution < 1.29 is 9.53 Å². The van der Waals surface area contributed by atoms with Gasteiger partial charge in [-0.1, -0.05) is 39.0 Å². The Balaban J connectivity index is 2.79. The first-order valence-corrected chi connectivity index (χ1v) is 7.45. The first-order chi connectivity index (χ1) is 9.51. The highest BCUT2D eigenvalue weighted by molar-refractivity contribution is 5.69. The van der Waals surface area contributed by atoms with Gasteiger partial charge in [0.25, 0.3) is 0 Å². The van der Waals surface area contributed by atoms with Crippen LogP contribution in [0.3, 0.4) is 0 Å². The van der Waals surface area contributed by atoms with E-state index in [0.29, 0.717) is 6.42 Å². The number of hydrogen-bond acceptors (Lipinski definition) is 3. The molecule has 0 aromatic heterocycles. The largest absolute Gasteiger partial charge is 0.469 e. The second kappa shape index (κ2) is 8.05.